The summed E-state index contributed by atoms with van der Waals surface area (Å²) in [6.07, 6.45) is 2.17. The maximum atomic E-state index is 11.7. The predicted molar refractivity (Wildman–Crippen MR) is 74.0 cm³/mol. The van der Waals surface area contributed by atoms with Crippen LogP contribution in [0.15, 0.2) is 18.2 Å². The number of methoxy groups -OCH3 is 1. The van der Waals surface area contributed by atoms with Gasteiger partial charge in [-0.25, -0.2) is 4.79 Å². The minimum atomic E-state index is -0.289. The third kappa shape index (κ3) is 4.01. The van der Waals surface area contributed by atoms with E-state index in [-0.39, 0.29) is 12.1 Å². The van der Waals surface area contributed by atoms with Gasteiger partial charge in [0.2, 0.25) is 0 Å². The fourth-order valence-corrected chi connectivity index (χ4v) is 2.12. The van der Waals surface area contributed by atoms with Crippen LogP contribution in [-0.2, 0) is 4.74 Å². The fraction of sp³-hybridized carbons (Fsp3) is 0.462. The highest BCUT2D eigenvalue weighted by atomic mass is 35.5. The molecule has 1 aromatic rings. The Labute approximate surface area is 117 Å². The van der Waals surface area contributed by atoms with Crippen LogP contribution in [0.4, 0.5) is 10.5 Å². The summed E-state index contributed by atoms with van der Waals surface area (Å²) in [5, 5.41) is 5.89. The summed E-state index contributed by atoms with van der Waals surface area (Å²) in [5.74, 6) is 0.648. The second-order valence-electron chi connectivity index (χ2n) is 4.32. The third-order valence-corrected chi connectivity index (χ3v) is 3.25. The molecule has 1 saturated heterocycles. The zero-order chi connectivity index (χ0) is 13.7. The van der Waals surface area contributed by atoms with Gasteiger partial charge in [-0.1, -0.05) is 11.6 Å². The summed E-state index contributed by atoms with van der Waals surface area (Å²) in [4.78, 5) is 11.7. The Bertz CT molecular complexity index is 448. The molecule has 1 fully saturated rings. The van der Waals surface area contributed by atoms with Gasteiger partial charge in [-0.3, -0.25) is 0 Å². The standard InChI is InChI=1S/C13H17ClN2O3/c1-18-9-4-5-12(11(14)7-9)16-13(17)15-8-10-3-2-6-19-10/h4-5,7,10H,2-3,6,8H2,1H3,(H2,15,16,17)/t10-/m0/s1. The number of hydrogen-bond acceptors (Lipinski definition) is 3. The smallest absolute Gasteiger partial charge is 0.319 e. The van der Waals surface area contributed by atoms with Crippen LogP contribution in [0, 0.1) is 0 Å². The van der Waals surface area contributed by atoms with Gasteiger partial charge in [0.15, 0.2) is 0 Å². The van der Waals surface area contributed by atoms with E-state index in [1.165, 1.54) is 0 Å². The number of benzene rings is 1. The molecule has 0 aromatic heterocycles. The topological polar surface area (TPSA) is 59.6 Å². The van der Waals surface area contributed by atoms with Crippen LogP contribution in [0.3, 0.4) is 0 Å². The molecule has 2 amide bonds. The van der Waals surface area contributed by atoms with Crippen molar-refractivity contribution in [2.45, 2.75) is 18.9 Å². The van der Waals surface area contributed by atoms with Crippen molar-refractivity contribution in [1.29, 1.82) is 0 Å². The first-order valence-corrected chi connectivity index (χ1v) is 6.57. The summed E-state index contributed by atoms with van der Waals surface area (Å²) in [6, 6.07) is 4.80. The normalized spacial score (nSPS) is 18.1. The molecule has 0 aliphatic carbocycles. The van der Waals surface area contributed by atoms with Crippen molar-refractivity contribution in [3.63, 3.8) is 0 Å². The van der Waals surface area contributed by atoms with E-state index in [4.69, 9.17) is 21.1 Å². The highest BCUT2D eigenvalue weighted by Gasteiger charge is 2.16. The van der Waals surface area contributed by atoms with Gasteiger partial charge in [-0.15, -0.1) is 0 Å². The van der Waals surface area contributed by atoms with E-state index >= 15 is 0 Å². The van der Waals surface area contributed by atoms with Gasteiger partial charge in [-0.2, -0.15) is 0 Å². The quantitative estimate of drug-likeness (QED) is 0.893. The van der Waals surface area contributed by atoms with Crippen molar-refractivity contribution < 1.29 is 14.3 Å². The van der Waals surface area contributed by atoms with E-state index in [0.29, 0.717) is 23.0 Å². The molecule has 2 rings (SSSR count). The zero-order valence-corrected chi connectivity index (χ0v) is 11.5. The first kappa shape index (κ1) is 14.0. The highest BCUT2D eigenvalue weighted by molar-refractivity contribution is 6.33. The molecule has 1 aliphatic rings. The lowest BCUT2D eigenvalue weighted by molar-refractivity contribution is 0.112. The molecule has 0 bridgehead atoms. The number of ether oxygens (including phenoxy) is 2. The Morgan fingerprint density at radius 2 is 2.42 bits per heavy atom. The van der Waals surface area contributed by atoms with E-state index in [1.54, 1.807) is 25.3 Å². The van der Waals surface area contributed by atoms with Crippen molar-refractivity contribution in [3.8, 4) is 5.75 Å². The van der Waals surface area contributed by atoms with Crippen molar-refractivity contribution in [3.05, 3.63) is 23.2 Å². The van der Waals surface area contributed by atoms with Crippen LogP contribution >= 0.6 is 11.6 Å². The minimum Gasteiger partial charge on any atom is -0.497 e. The molecular weight excluding hydrogens is 268 g/mol. The van der Waals surface area contributed by atoms with Crippen LogP contribution in [0.25, 0.3) is 0 Å². The lowest BCUT2D eigenvalue weighted by Gasteiger charge is -2.12. The van der Waals surface area contributed by atoms with Crippen molar-refractivity contribution >= 4 is 23.3 Å². The Morgan fingerprint density at radius 1 is 1.58 bits per heavy atom. The molecule has 0 unspecified atom stereocenters. The molecule has 1 aliphatic heterocycles. The Balaban J connectivity index is 1.84. The van der Waals surface area contributed by atoms with Gasteiger partial charge in [0.25, 0.3) is 0 Å². The maximum Gasteiger partial charge on any atom is 0.319 e. The van der Waals surface area contributed by atoms with E-state index in [0.717, 1.165) is 19.4 Å². The van der Waals surface area contributed by atoms with Gasteiger partial charge < -0.3 is 20.1 Å². The number of amides is 2. The summed E-state index contributed by atoms with van der Waals surface area (Å²) >= 11 is 6.03. The molecule has 104 valence electrons. The van der Waals surface area contributed by atoms with Crippen molar-refractivity contribution in [2.24, 2.45) is 0 Å². The number of hydrogen-bond donors (Lipinski definition) is 2. The number of halogens is 1. The molecular formula is C13H17ClN2O3. The fourth-order valence-electron chi connectivity index (χ4n) is 1.90. The van der Waals surface area contributed by atoms with E-state index in [1.807, 2.05) is 0 Å². The van der Waals surface area contributed by atoms with Gasteiger partial charge >= 0.3 is 6.03 Å². The molecule has 0 spiro atoms. The summed E-state index contributed by atoms with van der Waals surface area (Å²) in [5.41, 5.74) is 0.548. The van der Waals surface area contributed by atoms with E-state index < -0.39 is 0 Å². The monoisotopic (exact) mass is 284 g/mol. The number of rotatable bonds is 4. The molecule has 19 heavy (non-hydrogen) atoms. The molecule has 1 atom stereocenters. The zero-order valence-electron chi connectivity index (χ0n) is 10.7. The number of nitrogens with one attached hydrogen (secondary N) is 2. The molecule has 1 aromatic carbocycles. The average molecular weight is 285 g/mol. The molecule has 2 N–H and O–H groups in total. The van der Waals surface area contributed by atoms with Crippen LogP contribution in [0.2, 0.25) is 5.02 Å². The molecule has 1 heterocycles. The third-order valence-electron chi connectivity index (χ3n) is 2.94. The van der Waals surface area contributed by atoms with E-state index in [9.17, 15) is 4.79 Å². The number of anilines is 1. The van der Waals surface area contributed by atoms with Crippen molar-refractivity contribution in [2.75, 3.05) is 25.6 Å². The van der Waals surface area contributed by atoms with Crippen LogP contribution in [0.1, 0.15) is 12.8 Å². The van der Waals surface area contributed by atoms with Gasteiger partial charge in [0.05, 0.1) is 23.9 Å². The van der Waals surface area contributed by atoms with Crippen molar-refractivity contribution in [1.82, 2.24) is 5.32 Å². The predicted octanol–water partition coefficient (Wildman–Crippen LogP) is 2.65. The largest absolute Gasteiger partial charge is 0.497 e. The SMILES string of the molecule is COc1ccc(NC(=O)NC[C@@H]2CCCO2)c(Cl)c1. The number of urea groups is 1. The lowest BCUT2D eigenvalue weighted by atomic mass is 10.2. The Kier molecular flexibility index (Phi) is 4.87. The molecule has 6 heteroatoms. The average Bonchev–Trinajstić information content (AvgIpc) is 2.92. The molecule has 5 nitrogen and oxygen atoms in total. The van der Waals surface area contributed by atoms with E-state index in [2.05, 4.69) is 10.6 Å². The van der Waals surface area contributed by atoms with Crippen LogP contribution in [0.5, 0.6) is 5.75 Å². The second-order valence-corrected chi connectivity index (χ2v) is 4.72. The Morgan fingerprint density at radius 3 is 3.05 bits per heavy atom. The first-order chi connectivity index (χ1) is 9.19. The maximum absolute atomic E-state index is 11.7. The van der Waals surface area contributed by atoms with Crippen LogP contribution < -0.4 is 15.4 Å². The summed E-state index contributed by atoms with van der Waals surface area (Å²) < 4.78 is 10.5. The second kappa shape index (κ2) is 6.63. The minimum absolute atomic E-state index is 0.122. The lowest BCUT2D eigenvalue weighted by Crippen LogP contribution is -2.35. The van der Waals surface area contributed by atoms with Gasteiger partial charge in [-0.05, 0) is 25.0 Å². The highest BCUT2D eigenvalue weighted by Crippen LogP contribution is 2.26. The van der Waals surface area contributed by atoms with Crippen LogP contribution in [-0.4, -0.2) is 32.4 Å². The number of carbonyl (C=O) groups excluding carboxylic acids is 1. The summed E-state index contributed by atoms with van der Waals surface area (Å²) in [6.45, 7) is 1.29. The Hall–Kier alpha value is -1.46. The number of carbonyl (C=O) groups is 1. The van der Waals surface area contributed by atoms with Gasteiger partial charge in [0.1, 0.15) is 5.75 Å². The summed E-state index contributed by atoms with van der Waals surface area (Å²) in [7, 11) is 1.56. The first-order valence-electron chi connectivity index (χ1n) is 6.19. The molecule has 0 saturated carbocycles. The van der Waals surface area contributed by atoms with Gasteiger partial charge in [0, 0.05) is 19.2 Å². The molecule has 0 radical (unpaired) electrons.